The summed E-state index contributed by atoms with van der Waals surface area (Å²) in [5.74, 6) is 0.984. The van der Waals surface area contributed by atoms with E-state index in [-0.39, 0.29) is 37.0 Å². The average Bonchev–Trinajstić information content (AvgIpc) is 3.27. The zero-order valence-corrected chi connectivity index (χ0v) is 15.5. The van der Waals surface area contributed by atoms with Gasteiger partial charge in [-0.3, -0.25) is 9.59 Å². The van der Waals surface area contributed by atoms with Crippen molar-refractivity contribution in [2.45, 2.75) is 38.7 Å². The highest BCUT2D eigenvalue weighted by Crippen LogP contribution is 2.31. The van der Waals surface area contributed by atoms with E-state index in [0.29, 0.717) is 36.7 Å². The Morgan fingerprint density at radius 3 is 2.67 bits per heavy atom. The maximum absolute atomic E-state index is 12.4. The summed E-state index contributed by atoms with van der Waals surface area (Å²) in [7, 11) is 0. The van der Waals surface area contributed by atoms with Crippen LogP contribution >= 0.6 is 0 Å². The van der Waals surface area contributed by atoms with Crippen molar-refractivity contribution in [2.24, 2.45) is 0 Å². The van der Waals surface area contributed by atoms with Crippen molar-refractivity contribution < 1.29 is 24.0 Å². The number of Topliss-reactive ketones (excluding diaryl/α,β-unsaturated/α-hetero) is 1. The summed E-state index contributed by atoms with van der Waals surface area (Å²) in [5.41, 5.74) is -0.777. The molecule has 0 unspecified atom stereocenters. The summed E-state index contributed by atoms with van der Waals surface area (Å²) in [6.07, 6.45) is 0.527. The Morgan fingerprint density at radius 1 is 1.30 bits per heavy atom. The van der Waals surface area contributed by atoms with Gasteiger partial charge in [0.25, 0.3) is 5.89 Å². The summed E-state index contributed by atoms with van der Waals surface area (Å²) >= 11 is 0. The van der Waals surface area contributed by atoms with Gasteiger partial charge in [-0.25, -0.2) is 0 Å². The van der Waals surface area contributed by atoms with Crippen LogP contribution in [0.15, 0.2) is 28.8 Å². The number of aryl methyl sites for hydroxylation is 1. The Balaban J connectivity index is 1.53. The van der Waals surface area contributed by atoms with Crippen molar-refractivity contribution >= 4 is 11.7 Å². The molecule has 0 bridgehead atoms. The molecule has 0 radical (unpaired) electrons. The summed E-state index contributed by atoms with van der Waals surface area (Å²) in [6.45, 7) is 4.59. The molecule has 1 N–H and O–H groups in total. The van der Waals surface area contributed by atoms with E-state index in [2.05, 4.69) is 10.1 Å². The average molecular weight is 373 g/mol. The Hall–Kier alpha value is -2.74. The van der Waals surface area contributed by atoms with Gasteiger partial charge in [0.15, 0.2) is 17.2 Å². The van der Waals surface area contributed by atoms with Crippen LogP contribution in [-0.4, -0.2) is 51.5 Å². The predicted molar refractivity (Wildman–Crippen MR) is 95.3 cm³/mol. The SMILES string of the molecule is CCOc1ccc(C(=O)CCC(=O)N2CC[C@@](O)(c3nc(C)no3)C2)cc1. The molecule has 8 nitrogen and oxygen atoms in total. The number of likely N-dealkylation sites (tertiary alicyclic amines) is 1. The highest BCUT2D eigenvalue weighted by molar-refractivity contribution is 5.98. The number of hydrogen-bond donors (Lipinski definition) is 1. The van der Waals surface area contributed by atoms with Gasteiger partial charge in [0, 0.05) is 31.4 Å². The number of nitrogens with zero attached hydrogens (tertiary/aromatic N) is 3. The third-order valence-electron chi connectivity index (χ3n) is 4.58. The number of hydrogen-bond acceptors (Lipinski definition) is 7. The second-order valence-corrected chi connectivity index (χ2v) is 6.62. The van der Waals surface area contributed by atoms with E-state index in [1.807, 2.05) is 6.92 Å². The van der Waals surface area contributed by atoms with Crippen molar-refractivity contribution in [1.29, 1.82) is 0 Å². The minimum absolute atomic E-state index is 0.0880. The van der Waals surface area contributed by atoms with E-state index in [1.165, 1.54) is 4.90 Å². The number of ether oxygens (including phenoxy) is 1. The number of aromatic nitrogens is 2. The van der Waals surface area contributed by atoms with Crippen molar-refractivity contribution in [2.75, 3.05) is 19.7 Å². The number of carbonyl (C=O) groups is 2. The minimum Gasteiger partial charge on any atom is -0.494 e. The molecular formula is C19H23N3O5. The number of carbonyl (C=O) groups excluding carboxylic acids is 2. The van der Waals surface area contributed by atoms with Crippen LogP contribution in [0.1, 0.15) is 48.3 Å². The molecule has 144 valence electrons. The van der Waals surface area contributed by atoms with Crippen LogP contribution in [0.4, 0.5) is 0 Å². The maximum Gasteiger partial charge on any atom is 0.260 e. The van der Waals surface area contributed by atoms with Gasteiger partial charge in [-0.15, -0.1) is 0 Å². The molecule has 8 heteroatoms. The maximum atomic E-state index is 12.4. The van der Waals surface area contributed by atoms with E-state index >= 15 is 0 Å². The molecule has 1 amide bonds. The summed E-state index contributed by atoms with van der Waals surface area (Å²) < 4.78 is 10.4. The Kier molecular flexibility index (Phi) is 5.55. The van der Waals surface area contributed by atoms with Crippen LogP contribution < -0.4 is 4.74 Å². The number of β-amino-alcohol motifs (C(OH)–C–C–N with tert-alkyl or cyclic N) is 1. The first-order valence-electron chi connectivity index (χ1n) is 8.98. The van der Waals surface area contributed by atoms with E-state index in [0.717, 1.165) is 0 Å². The summed E-state index contributed by atoms with van der Waals surface area (Å²) in [4.78, 5) is 30.3. The Bertz CT molecular complexity index is 817. The molecule has 1 aromatic carbocycles. The van der Waals surface area contributed by atoms with Crippen LogP contribution in [0.5, 0.6) is 5.75 Å². The molecule has 2 heterocycles. The number of benzene rings is 1. The normalized spacial score (nSPS) is 19.3. The molecule has 1 fully saturated rings. The summed E-state index contributed by atoms with van der Waals surface area (Å²) in [5, 5.41) is 14.3. The second-order valence-electron chi connectivity index (χ2n) is 6.62. The molecule has 1 aromatic heterocycles. The largest absolute Gasteiger partial charge is 0.494 e. The first-order chi connectivity index (χ1) is 12.9. The van der Waals surface area contributed by atoms with Gasteiger partial charge >= 0.3 is 0 Å². The van der Waals surface area contributed by atoms with Crippen molar-refractivity contribution in [3.05, 3.63) is 41.5 Å². The summed E-state index contributed by atoms with van der Waals surface area (Å²) in [6, 6.07) is 6.88. The molecule has 3 rings (SSSR count). The second kappa shape index (κ2) is 7.87. The van der Waals surface area contributed by atoms with E-state index in [1.54, 1.807) is 31.2 Å². The molecule has 2 aromatic rings. The smallest absolute Gasteiger partial charge is 0.260 e. The molecule has 0 aliphatic carbocycles. The number of rotatable bonds is 7. The van der Waals surface area contributed by atoms with E-state index in [4.69, 9.17) is 9.26 Å². The van der Waals surface area contributed by atoms with Crippen LogP contribution in [0.2, 0.25) is 0 Å². The third-order valence-corrected chi connectivity index (χ3v) is 4.58. The van der Waals surface area contributed by atoms with Crippen molar-refractivity contribution in [3.63, 3.8) is 0 Å². The minimum atomic E-state index is -1.32. The molecule has 1 aliphatic heterocycles. The lowest BCUT2D eigenvalue weighted by atomic mass is 10.0. The molecule has 0 saturated carbocycles. The fourth-order valence-electron chi connectivity index (χ4n) is 3.09. The van der Waals surface area contributed by atoms with Crippen molar-refractivity contribution in [3.8, 4) is 5.75 Å². The van der Waals surface area contributed by atoms with Gasteiger partial charge in [-0.2, -0.15) is 4.98 Å². The van der Waals surface area contributed by atoms with Gasteiger partial charge in [0.05, 0.1) is 13.2 Å². The fourth-order valence-corrected chi connectivity index (χ4v) is 3.09. The number of amides is 1. The lowest BCUT2D eigenvalue weighted by Crippen LogP contribution is -2.34. The highest BCUT2D eigenvalue weighted by atomic mass is 16.5. The molecule has 1 atom stereocenters. The third kappa shape index (κ3) is 4.33. The Labute approximate surface area is 157 Å². The highest BCUT2D eigenvalue weighted by Gasteiger charge is 2.43. The fraction of sp³-hybridized carbons (Fsp3) is 0.474. The molecule has 27 heavy (non-hydrogen) atoms. The Morgan fingerprint density at radius 2 is 2.04 bits per heavy atom. The van der Waals surface area contributed by atoms with Crippen LogP contribution in [0.3, 0.4) is 0 Å². The first-order valence-corrected chi connectivity index (χ1v) is 8.98. The van der Waals surface area contributed by atoms with Gasteiger partial charge < -0.3 is 19.3 Å². The standard InChI is InChI=1S/C19H23N3O5/c1-3-26-15-6-4-14(5-7-15)16(23)8-9-17(24)22-11-10-19(25,12-22)18-20-13(2)21-27-18/h4-7,25H,3,8-12H2,1-2H3/t19-/m0/s1. The number of aliphatic hydroxyl groups is 1. The molecular weight excluding hydrogens is 350 g/mol. The van der Waals surface area contributed by atoms with Gasteiger partial charge in [-0.05, 0) is 38.1 Å². The monoisotopic (exact) mass is 373 g/mol. The lowest BCUT2D eigenvalue weighted by molar-refractivity contribution is -0.131. The predicted octanol–water partition coefficient (Wildman–Crippen LogP) is 1.86. The van der Waals surface area contributed by atoms with Gasteiger partial charge in [0.1, 0.15) is 5.75 Å². The van der Waals surface area contributed by atoms with E-state index in [9.17, 15) is 14.7 Å². The van der Waals surface area contributed by atoms with Crippen LogP contribution in [0.25, 0.3) is 0 Å². The molecule has 1 saturated heterocycles. The zero-order valence-electron chi connectivity index (χ0n) is 15.5. The zero-order chi connectivity index (χ0) is 19.4. The molecule has 1 aliphatic rings. The molecule has 0 spiro atoms. The van der Waals surface area contributed by atoms with Gasteiger partial charge in [-0.1, -0.05) is 5.16 Å². The van der Waals surface area contributed by atoms with Gasteiger partial charge in [0.2, 0.25) is 5.91 Å². The quantitative estimate of drug-likeness (QED) is 0.738. The van der Waals surface area contributed by atoms with E-state index < -0.39 is 5.60 Å². The van der Waals surface area contributed by atoms with Crippen LogP contribution in [-0.2, 0) is 10.4 Å². The van der Waals surface area contributed by atoms with Crippen LogP contribution in [0, 0.1) is 6.92 Å². The topological polar surface area (TPSA) is 106 Å². The lowest BCUT2D eigenvalue weighted by Gasteiger charge is -2.19. The van der Waals surface area contributed by atoms with Crippen molar-refractivity contribution in [1.82, 2.24) is 15.0 Å². The number of ketones is 1. The first kappa shape index (κ1) is 19.0.